The number of carbonyl (C=O) groups excluding carboxylic acids is 1. The van der Waals surface area contributed by atoms with Crippen LogP contribution in [0.1, 0.15) is 20.8 Å². The fraction of sp³-hybridized carbons (Fsp3) is 0.889. The van der Waals surface area contributed by atoms with Gasteiger partial charge in [0, 0.05) is 5.88 Å². The van der Waals surface area contributed by atoms with Gasteiger partial charge in [-0.1, -0.05) is 0 Å². The predicted octanol–water partition coefficient (Wildman–Crippen LogP) is 1.58. The molecule has 1 aliphatic heterocycles. The summed E-state index contributed by atoms with van der Waals surface area (Å²) in [5.41, 5.74) is -0.584. The van der Waals surface area contributed by atoms with Crippen LogP contribution in [0.4, 0.5) is 0 Å². The fourth-order valence-corrected chi connectivity index (χ4v) is 1.35. The van der Waals surface area contributed by atoms with Crippen LogP contribution in [-0.4, -0.2) is 30.7 Å². The SMILES string of the molecule is CC1(OCCCl)OCC(=O)C1(C)C. The van der Waals surface area contributed by atoms with Crippen LogP contribution >= 0.6 is 11.6 Å². The minimum absolute atomic E-state index is 0.0737. The summed E-state index contributed by atoms with van der Waals surface area (Å²) in [7, 11) is 0. The molecule has 1 fully saturated rings. The van der Waals surface area contributed by atoms with Gasteiger partial charge in [0.15, 0.2) is 11.6 Å². The lowest BCUT2D eigenvalue weighted by Crippen LogP contribution is -2.44. The van der Waals surface area contributed by atoms with Crippen LogP contribution in [0.25, 0.3) is 0 Å². The van der Waals surface area contributed by atoms with Crippen molar-refractivity contribution >= 4 is 17.4 Å². The van der Waals surface area contributed by atoms with Crippen molar-refractivity contribution in [3.05, 3.63) is 0 Å². The third-order valence-electron chi connectivity index (χ3n) is 2.77. The number of ether oxygens (including phenoxy) is 2. The number of halogens is 1. The summed E-state index contributed by atoms with van der Waals surface area (Å²) in [6.07, 6.45) is 0. The van der Waals surface area contributed by atoms with Gasteiger partial charge in [-0.2, -0.15) is 0 Å². The van der Waals surface area contributed by atoms with Crippen LogP contribution in [0, 0.1) is 5.41 Å². The molecule has 0 spiro atoms. The number of Topliss-reactive ketones (excluding diaryl/α,β-unsaturated/α-hetero) is 1. The highest BCUT2D eigenvalue weighted by Gasteiger charge is 2.53. The minimum atomic E-state index is -0.820. The second-order valence-electron chi connectivity index (χ2n) is 3.82. The third-order valence-corrected chi connectivity index (χ3v) is 2.92. The molecular weight excluding hydrogens is 192 g/mol. The molecule has 0 radical (unpaired) electrons. The van der Waals surface area contributed by atoms with Gasteiger partial charge in [0.1, 0.15) is 6.61 Å². The second-order valence-corrected chi connectivity index (χ2v) is 4.20. The van der Waals surface area contributed by atoms with Crippen molar-refractivity contribution in [2.75, 3.05) is 19.1 Å². The Morgan fingerprint density at radius 3 is 2.54 bits per heavy atom. The highest BCUT2D eigenvalue weighted by atomic mass is 35.5. The number of rotatable bonds is 3. The largest absolute Gasteiger partial charge is 0.348 e. The van der Waals surface area contributed by atoms with Gasteiger partial charge in [-0.15, -0.1) is 11.6 Å². The van der Waals surface area contributed by atoms with E-state index in [1.165, 1.54) is 0 Å². The zero-order valence-electron chi connectivity index (χ0n) is 8.22. The quantitative estimate of drug-likeness (QED) is 0.658. The zero-order valence-corrected chi connectivity index (χ0v) is 8.98. The second kappa shape index (κ2) is 3.56. The summed E-state index contributed by atoms with van der Waals surface area (Å²) in [5.74, 6) is -0.341. The number of ketones is 1. The molecule has 1 atom stereocenters. The number of hydrogen-bond donors (Lipinski definition) is 0. The van der Waals surface area contributed by atoms with Crippen molar-refractivity contribution in [3.63, 3.8) is 0 Å². The van der Waals surface area contributed by atoms with Gasteiger partial charge in [-0.05, 0) is 20.8 Å². The lowest BCUT2D eigenvalue weighted by molar-refractivity contribution is -0.236. The van der Waals surface area contributed by atoms with Gasteiger partial charge in [0.2, 0.25) is 0 Å². The molecule has 1 aliphatic rings. The van der Waals surface area contributed by atoms with Gasteiger partial charge in [-0.3, -0.25) is 4.79 Å². The van der Waals surface area contributed by atoms with E-state index in [1.54, 1.807) is 6.92 Å². The molecule has 13 heavy (non-hydrogen) atoms. The topological polar surface area (TPSA) is 35.5 Å². The first-order chi connectivity index (χ1) is 5.94. The maximum atomic E-state index is 11.4. The minimum Gasteiger partial charge on any atom is -0.348 e. The molecule has 0 N–H and O–H groups in total. The summed E-state index contributed by atoms with van der Waals surface area (Å²) in [6, 6.07) is 0. The van der Waals surface area contributed by atoms with E-state index in [-0.39, 0.29) is 12.4 Å². The Bertz CT molecular complexity index is 215. The maximum Gasteiger partial charge on any atom is 0.178 e. The lowest BCUT2D eigenvalue weighted by atomic mass is 9.82. The van der Waals surface area contributed by atoms with Crippen LogP contribution in [0.15, 0.2) is 0 Å². The first-order valence-electron chi connectivity index (χ1n) is 4.31. The molecule has 1 unspecified atom stereocenters. The van der Waals surface area contributed by atoms with Crippen LogP contribution in [0.3, 0.4) is 0 Å². The molecule has 0 bridgehead atoms. The Labute approximate surface area is 83.3 Å². The Balaban J connectivity index is 2.73. The maximum absolute atomic E-state index is 11.4. The Kier molecular flexibility index (Phi) is 3.00. The normalized spacial score (nSPS) is 32.5. The van der Waals surface area contributed by atoms with E-state index < -0.39 is 11.2 Å². The van der Waals surface area contributed by atoms with E-state index in [4.69, 9.17) is 21.1 Å². The van der Waals surface area contributed by atoms with E-state index >= 15 is 0 Å². The molecule has 0 amide bonds. The molecule has 0 aliphatic carbocycles. The standard InChI is InChI=1S/C9H15ClO3/c1-8(2)7(11)6-13-9(8,3)12-5-4-10/h4-6H2,1-3H3. The van der Waals surface area contributed by atoms with E-state index in [9.17, 15) is 4.79 Å². The molecular formula is C9H15ClO3. The average Bonchev–Trinajstić information content (AvgIpc) is 2.27. The molecule has 0 aromatic rings. The molecule has 0 aromatic heterocycles. The highest BCUT2D eigenvalue weighted by Crippen LogP contribution is 2.41. The molecule has 1 heterocycles. The van der Waals surface area contributed by atoms with E-state index in [1.807, 2.05) is 13.8 Å². The van der Waals surface area contributed by atoms with Crippen molar-refractivity contribution in [1.82, 2.24) is 0 Å². The van der Waals surface area contributed by atoms with Gasteiger partial charge in [-0.25, -0.2) is 0 Å². The fourth-order valence-electron chi connectivity index (χ4n) is 1.27. The Morgan fingerprint density at radius 2 is 2.15 bits per heavy atom. The Hall–Kier alpha value is -0.120. The van der Waals surface area contributed by atoms with Gasteiger partial charge in [0.05, 0.1) is 12.0 Å². The van der Waals surface area contributed by atoms with Crippen molar-refractivity contribution in [2.45, 2.75) is 26.6 Å². The molecule has 0 saturated carbocycles. The number of hydrogen-bond acceptors (Lipinski definition) is 3. The van der Waals surface area contributed by atoms with Crippen molar-refractivity contribution in [2.24, 2.45) is 5.41 Å². The van der Waals surface area contributed by atoms with E-state index in [0.717, 1.165) is 0 Å². The predicted molar refractivity (Wildman–Crippen MR) is 49.8 cm³/mol. The average molecular weight is 207 g/mol. The van der Waals surface area contributed by atoms with Crippen LogP contribution in [0.5, 0.6) is 0 Å². The summed E-state index contributed by atoms with van der Waals surface area (Å²) >= 11 is 5.51. The van der Waals surface area contributed by atoms with Crippen molar-refractivity contribution in [1.29, 1.82) is 0 Å². The summed E-state index contributed by atoms with van der Waals surface area (Å²) in [5, 5.41) is 0. The Morgan fingerprint density at radius 1 is 1.54 bits per heavy atom. The third kappa shape index (κ3) is 1.73. The first-order valence-corrected chi connectivity index (χ1v) is 4.85. The van der Waals surface area contributed by atoms with Gasteiger partial charge in [0.25, 0.3) is 0 Å². The van der Waals surface area contributed by atoms with Gasteiger partial charge < -0.3 is 9.47 Å². The molecule has 4 heteroatoms. The summed E-state index contributed by atoms with van der Waals surface area (Å²) < 4.78 is 10.8. The van der Waals surface area contributed by atoms with Crippen molar-refractivity contribution < 1.29 is 14.3 Å². The first kappa shape index (κ1) is 11.0. The summed E-state index contributed by atoms with van der Waals surface area (Å²) in [6.45, 7) is 5.97. The van der Waals surface area contributed by atoms with E-state index in [0.29, 0.717) is 12.5 Å². The molecule has 1 rings (SSSR count). The van der Waals surface area contributed by atoms with Gasteiger partial charge >= 0.3 is 0 Å². The lowest BCUT2D eigenvalue weighted by Gasteiger charge is -2.34. The highest BCUT2D eigenvalue weighted by molar-refractivity contribution is 6.17. The number of carbonyl (C=O) groups is 1. The number of alkyl halides is 1. The van der Waals surface area contributed by atoms with E-state index in [2.05, 4.69) is 0 Å². The molecule has 76 valence electrons. The molecule has 0 aromatic carbocycles. The summed E-state index contributed by atoms with van der Waals surface area (Å²) in [4.78, 5) is 11.4. The molecule has 1 saturated heterocycles. The van der Waals surface area contributed by atoms with Crippen LogP contribution in [-0.2, 0) is 14.3 Å². The van der Waals surface area contributed by atoms with Crippen LogP contribution < -0.4 is 0 Å². The zero-order chi connectivity index (χ0) is 10.1. The molecule has 3 nitrogen and oxygen atoms in total. The van der Waals surface area contributed by atoms with Crippen molar-refractivity contribution in [3.8, 4) is 0 Å². The van der Waals surface area contributed by atoms with Crippen LogP contribution in [0.2, 0.25) is 0 Å². The smallest absolute Gasteiger partial charge is 0.178 e. The monoisotopic (exact) mass is 206 g/mol.